The molecule has 2 atom stereocenters. The molecule has 0 radical (unpaired) electrons. The van der Waals surface area contributed by atoms with E-state index in [1.165, 1.54) is 0 Å². The Kier molecular flexibility index (Phi) is 4.14. The summed E-state index contributed by atoms with van der Waals surface area (Å²) in [4.78, 5) is 0. The highest BCUT2D eigenvalue weighted by molar-refractivity contribution is 9.10. The topological polar surface area (TPSA) is 29.5 Å². The molecule has 2 rings (SSSR count). The molecule has 1 saturated heterocycles. The largest absolute Gasteiger partial charge is 0.396 e. The fourth-order valence-corrected chi connectivity index (χ4v) is 3.10. The highest BCUT2D eigenvalue weighted by Gasteiger charge is 2.41. The van der Waals surface area contributed by atoms with Crippen molar-refractivity contribution in [1.82, 2.24) is 0 Å². The lowest BCUT2D eigenvalue weighted by atomic mass is 9.77. The molecule has 4 heteroatoms. The van der Waals surface area contributed by atoms with E-state index >= 15 is 0 Å². The maximum absolute atomic E-state index is 9.66. The fraction of sp³-hybridized carbons (Fsp3) is 0.538. The smallest absolute Gasteiger partial charge is 0.0629 e. The molecule has 0 spiro atoms. The summed E-state index contributed by atoms with van der Waals surface area (Å²) in [6.45, 7) is 2.88. The summed E-state index contributed by atoms with van der Waals surface area (Å²) in [5.41, 5.74) is 0.888. The van der Waals surface area contributed by atoms with E-state index in [0.29, 0.717) is 0 Å². The summed E-state index contributed by atoms with van der Waals surface area (Å²) >= 11 is 9.61. The van der Waals surface area contributed by atoms with Gasteiger partial charge in [0.25, 0.3) is 0 Å². The van der Waals surface area contributed by atoms with E-state index in [1.54, 1.807) is 0 Å². The first kappa shape index (κ1) is 13.3. The van der Waals surface area contributed by atoms with Crippen molar-refractivity contribution in [2.75, 3.05) is 13.2 Å². The molecule has 1 heterocycles. The lowest BCUT2D eigenvalue weighted by Crippen LogP contribution is -2.35. The van der Waals surface area contributed by atoms with Crippen molar-refractivity contribution in [2.24, 2.45) is 5.41 Å². The Labute approximate surface area is 115 Å². The van der Waals surface area contributed by atoms with Crippen LogP contribution in [0.25, 0.3) is 0 Å². The minimum Gasteiger partial charge on any atom is -0.396 e. The van der Waals surface area contributed by atoms with Gasteiger partial charge >= 0.3 is 0 Å². The van der Waals surface area contributed by atoms with Gasteiger partial charge in [-0.15, -0.1) is 0 Å². The van der Waals surface area contributed by atoms with Gasteiger partial charge < -0.3 is 9.84 Å². The van der Waals surface area contributed by atoms with Crippen molar-refractivity contribution in [3.63, 3.8) is 0 Å². The zero-order chi connectivity index (χ0) is 12.5. The van der Waals surface area contributed by atoms with Gasteiger partial charge in [0.2, 0.25) is 0 Å². The number of rotatable bonds is 3. The van der Waals surface area contributed by atoms with Crippen LogP contribution in [-0.4, -0.2) is 24.4 Å². The Hall–Kier alpha value is -0.0900. The molecule has 1 aromatic rings. The van der Waals surface area contributed by atoms with Crippen molar-refractivity contribution in [3.05, 3.63) is 33.3 Å². The molecule has 1 aromatic carbocycles. The number of ether oxygens (including phenoxy) is 1. The van der Waals surface area contributed by atoms with E-state index in [9.17, 15) is 5.11 Å². The maximum Gasteiger partial charge on any atom is 0.0629 e. The number of halogens is 2. The number of aliphatic hydroxyl groups is 1. The molecule has 0 aliphatic carbocycles. The predicted octanol–water partition coefficient (Wildman–Crippen LogP) is 3.43. The maximum atomic E-state index is 9.66. The van der Waals surface area contributed by atoms with Crippen LogP contribution < -0.4 is 0 Å². The van der Waals surface area contributed by atoms with Crippen molar-refractivity contribution in [2.45, 2.75) is 25.9 Å². The summed E-state index contributed by atoms with van der Waals surface area (Å²) in [6.07, 6.45) is 1.72. The zero-order valence-corrected chi connectivity index (χ0v) is 12.1. The van der Waals surface area contributed by atoms with Crippen LogP contribution in [0.2, 0.25) is 5.02 Å². The Morgan fingerprint density at radius 2 is 2.35 bits per heavy atom. The van der Waals surface area contributed by atoms with E-state index in [-0.39, 0.29) is 18.1 Å². The third kappa shape index (κ3) is 2.68. The highest BCUT2D eigenvalue weighted by atomic mass is 79.9. The quantitative estimate of drug-likeness (QED) is 0.925. The van der Waals surface area contributed by atoms with E-state index in [0.717, 1.165) is 34.5 Å². The van der Waals surface area contributed by atoms with Gasteiger partial charge in [-0.3, -0.25) is 0 Å². The molecule has 2 nitrogen and oxygen atoms in total. The first-order chi connectivity index (χ1) is 8.07. The van der Waals surface area contributed by atoms with Crippen molar-refractivity contribution in [3.8, 4) is 0 Å². The van der Waals surface area contributed by atoms with Gasteiger partial charge in [0.1, 0.15) is 0 Å². The third-order valence-corrected chi connectivity index (χ3v) is 4.55. The number of aliphatic hydroxyl groups excluding tert-OH is 1. The number of hydrogen-bond acceptors (Lipinski definition) is 2. The summed E-state index contributed by atoms with van der Waals surface area (Å²) < 4.78 is 6.56. The van der Waals surface area contributed by atoms with Gasteiger partial charge in [0, 0.05) is 21.5 Å². The Bertz CT molecular complexity index is 410. The zero-order valence-electron chi connectivity index (χ0n) is 9.75. The molecule has 0 bridgehead atoms. The second-order valence-electron chi connectivity index (χ2n) is 4.70. The van der Waals surface area contributed by atoms with Crippen LogP contribution in [0.3, 0.4) is 0 Å². The molecule has 0 aromatic heterocycles. The summed E-state index contributed by atoms with van der Waals surface area (Å²) in [5, 5.41) is 10.4. The van der Waals surface area contributed by atoms with Crippen LogP contribution in [0.1, 0.15) is 18.9 Å². The second-order valence-corrected chi connectivity index (χ2v) is 6.02. The van der Waals surface area contributed by atoms with Crippen molar-refractivity contribution < 1.29 is 9.84 Å². The molecular formula is C13H16BrClO2. The fourth-order valence-electron chi connectivity index (χ4n) is 2.36. The minimum absolute atomic E-state index is 0.0761. The molecule has 2 unspecified atom stereocenters. The van der Waals surface area contributed by atoms with Gasteiger partial charge in [-0.2, -0.15) is 0 Å². The third-order valence-electron chi connectivity index (χ3n) is 3.70. The first-order valence-corrected chi connectivity index (χ1v) is 6.91. The standard InChI is InChI=1S/C13H16BrClO2/c1-9-13(8-16,4-5-17-9)7-10-2-3-11(14)6-12(10)15/h2-3,6,9,16H,4-5,7-8H2,1H3. The van der Waals surface area contributed by atoms with Crippen LogP contribution in [0.15, 0.2) is 22.7 Å². The molecule has 0 saturated carbocycles. The first-order valence-electron chi connectivity index (χ1n) is 5.74. The Balaban J connectivity index is 2.24. The lowest BCUT2D eigenvalue weighted by molar-refractivity contribution is 0.0272. The van der Waals surface area contributed by atoms with Crippen LogP contribution in [0, 0.1) is 5.41 Å². The Morgan fingerprint density at radius 1 is 1.59 bits per heavy atom. The van der Waals surface area contributed by atoms with Crippen molar-refractivity contribution in [1.29, 1.82) is 0 Å². The molecular weight excluding hydrogens is 303 g/mol. The van der Waals surface area contributed by atoms with Crippen LogP contribution in [-0.2, 0) is 11.2 Å². The molecule has 1 fully saturated rings. The highest BCUT2D eigenvalue weighted by Crippen LogP contribution is 2.39. The van der Waals surface area contributed by atoms with E-state index in [4.69, 9.17) is 16.3 Å². The molecule has 94 valence electrons. The summed E-state index contributed by atoms with van der Waals surface area (Å²) in [7, 11) is 0. The van der Waals surface area contributed by atoms with Gasteiger partial charge in [0.05, 0.1) is 12.7 Å². The molecule has 0 amide bonds. The van der Waals surface area contributed by atoms with Crippen molar-refractivity contribution >= 4 is 27.5 Å². The molecule has 1 N–H and O–H groups in total. The average Bonchev–Trinajstić information content (AvgIpc) is 2.65. The monoisotopic (exact) mass is 318 g/mol. The van der Waals surface area contributed by atoms with Crippen LogP contribution in [0.5, 0.6) is 0 Å². The average molecular weight is 320 g/mol. The Morgan fingerprint density at radius 3 is 2.88 bits per heavy atom. The summed E-state index contributed by atoms with van der Waals surface area (Å²) in [5.74, 6) is 0. The SMILES string of the molecule is CC1OCCC1(CO)Cc1ccc(Br)cc1Cl. The van der Waals surface area contributed by atoms with Gasteiger partial charge in [-0.25, -0.2) is 0 Å². The molecule has 17 heavy (non-hydrogen) atoms. The van der Waals surface area contributed by atoms with E-state index < -0.39 is 0 Å². The van der Waals surface area contributed by atoms with Gasteiger partial charge in [-0.05, 0) is 37.5 Å². The number of hydrogen-bond donors (Lipinski definition) is 1. The van der Waals surface area contributed by atoms with Crippen LogP contribution >= 0.6 is 27.5 Å². The minimum atomic E-state index is -0.183. The predicted molar refractivity (Wildman–Crippen MR) is 72.4 cm³/mol. The van der Waals surface area contributed by atoms with Gasteiger partial charge in [0.15, 0.2) is 0 Å². The second kappa shape index (κ2) is 5.27. The lowest BCUT2D eigenvalue weighted by Gasteiger charge is -2.30. The van der Waals surface area contributed by atoms with Gasteiger partial charge in [-0.1, -0.05) is 33.6 Å². The summed E-state index contributed by atoms with van der Waals surface area (Å²) in [6, 6.07) is 5.88. The molecule has 1 aliphatic heterocycles. The molecule has 1 aliphatic rings. The van der Waals surface area contributed by atoms with Crippen LogP contribution in [0.4, 0.5) is 0 Å². The normalized spacial score (nSPS) is 28.6. The van der Waals surface area contributed by atoms with E-state index in [2.05, 4.69) is 15.9 Å². The van der Waals surface area contributed by atoms with E-state index in [1.807, 2.05) is 25.1 Å². The number of benzene rings is 1.